The van der Waals surface area contributed by atoms with Crippen molar-refractivity contribution in [1.82, 2.24) is 4.90 Å². The maximum atomic E-state index is 9.06. The van der Waals surface area contributed by atoms with Gasteiger partial charge in [0.15, 0.2) is 0 Å². The second-order valence-electron chi connectivity index (χ2n) is 4.87. The van der Waals surface area contributed by atoms with Gasteiger partial charge in [-0.1, -0.05) is 0 Å². The van der Waals surface area contributed by atoms with E-state index in [1.54, 1.807) is 0 Å². The third kappa shape index (κ3) is 1.43. The van der Waals surface area contributed by atoms with Crippen molar-refractivity contribution in [2.75, 3.05) is 19.7 Å². The summed E-state index contributed by atoms with van der Waals surface area (Å²) in [5.41, 5.74) is 0. The third-order valence-electron chi connectivity index (χ3n) is 3.80. The average molecular weight is 192 g/mol. The van der Waals surface area contributed by atoms with Crippen molar-refractivity contribution >= 4 is 0 Å². The molecule has 2 heterocycles. The predicted molar refractivity (Wildman–Crippen MR) is 51.5 cm³/mol. The minimum Gasteiger partial charge on any atom is -0.375 e. The van der Waals surface area contributed by atoms with E-state index in [1.807, 2.05) is 0 Å². The molecule has 2 aliphatic heterocycles. The second kappa shape index (κ2) is 3.22. The minimum atomic E-state index is 0.286. The van der Waals surface area contributed by atoms with E-state index in [1.165, 1.54) is 19.3 Å². The Morgan fingerprint density at radius 2 is 2.36 bits per heavy atom. The monoisotopic (exact) mass is 192 g/mol. The maximum absolute atomic E-state index is 9.06. The van der Waals surface area contributed by atoms with Gasteiger partial charge in [-0.15, -0.1) is 0 Å². The van der Waals surface area contributed by atoms with Crippen LogP contribution in [0.5, 0.6) is 0 Å². The van der Waals surface area contributed by atoms with Crippen molar-refractivity contribution in [3.05, 3.63) is 0 Å². The summed E-state index contributed by atoms with van der Waals surface area (Å²) in [6.07, 6.45) is 4.22. The van der Waals surface area contributed by atoms with Crippen LogP contribution in [0.15, 0.2) is 0 Å². The average Bonchev–Trinajstić information content (AvgIpc) is 2.84. The molecule has 0 spiro atoms. The van der Waals surface area contributed by atoms with Crippen LogP contribution >= 0.6 is 0 Å². The zero-order valence-corrected chi connectivity index (χ0v) is 8.35. The molecule has 0 aromatic rings. The highest BCUT2D eigenvalue weighted by molar-refractivity contribution is 5.00. The Labute approximate surface area is 84.6 Å². The highest BCUT2D eigenvalue weighted by atomic mass is 16.5. The Kier molecular flexibility index (Phi) is 2.00. The van der Waals surface area contributed by atoms with E-state index in [0.717, 1.165) is 19.7 Å². The molecule has 0 aromatic carbocycles. The molecule has 1 aliphatic carbocycles. The second-order valence-corrected chi connectivity index (χ2v) is 4.87. The first-order valence-electron chi connectivity index (χ1n) is 5.62. The summed E-state index contributed by atoms with van der Waals surface area (Å²) in [7, 11) is 0. The van der Waals surface area contributed by atoms with Crippen molar-refractivity contribution < 1.29 is 4.74 Å². The topological polar surface area (TPSA) is 36.3 Å². The number of hydrogen-bond acceptors (Lipinski definition) is 3. The fourth-order valence-electron chi connectivity index (χ4n) is 2.75. The van der Waals surface area contributed by atoms with Gasteiger partial charge in [0.05, 0.1) is 24.7 Å². The van der Waals surface area contributed by atoms with Gasteiger partial charge in [-0.3, -0.25) is 4.90 Å². The van der Waals surface area contributed by atoms with E-state index < -0.39 is 0 Å². The van der Waals surface area contributed by atoms with E-state index in [-0.39, 0.29) is 5.92 Å². The van der Waals surface area contributed by atoms with Gasteiger partial charge in [-0.05, 0) is 25.2 Å². The summed E-state index contributed by atoms with van der Waals surface area (Å²) in [5.74, 6) is 0.995. The molecule has 76 valence electrons. The lowest BCUT2D eigenvalue weighted by atomic mass is 10.0. The van der Waals surface area contributed by atoms with Crippen molar-refractivity contribution in [2.24, 2.45) is 11.8 Å². The number of likely N-dealkylation sites (tertiary alicyclic amines) is 1. The summed E-state index contributed by atoms with van der Waals surface area (Å²) >= 11 is 0. The summed E-state index contributed by atoms with van der Waals surface area (Å²) in [4.78, 5) is 2.47. The molecule has 3 rings (SSSR count). The Balaban J connectivity index is 1.59. The molecular weight excluding hydrogens is 176 g/mol. The maximum Gasteiger partial charge on any atom is 0.0718 e. The van der Waals surface area contributed by atoms with Crippen LogP contribution in [-0.4, -0.2) is 36.7 Å². The third-order valence-corrected chi connectivity index (χ3v) is 3.80. The largest absolute Gasteiger partial charge is 0.375 e. The molecule has 3 fully saturated rings. The number of rotatable bonds is 3. The molecule has 3 aliphatic rings. The highest BCUT2D eigenvalue weighted by Gasteiger charge is 2.41. The molecule has 3 atom stereocenters. The predicted octanol–water partition coefficient (Wildman–Crippen LogP) is 1.01. The number of fused-ring (bicyclic) bond motifs is 2. The fourth-order valence-corrected chi connectivity index (χ4v) is 2.75. The van der Waals surface area contributed by atoms with Crippen molar-refractivity contribution in [2.45, 2.75) is 31.4 Å². The molecule has 0 amide bonds. The lowest BCUT2D eigenvalue weighted by molar-refractivity contribution is 0.0260. The quantitative estimate of drug-likeness (QED) is 0.669. The van der Waals surface area contributed by atoms with Crippen LogP contribution in [0.3, 0.4) is 0 Å². The van der Waals surface area contributed by atoms with Crippen LogP contribution in [0.1, 0.15) is 19.3 Å². The summed E-state index contributed by atoms with van der Waals surface area (Å²) in [6, 6.07) is 3.09. The van der Waals surface area contributed by atoms with E-state index in [2.05, 4.69) is 11.0 Å². The van der Waals surface area contributed by atoms with Crippen LogP contribution in [0.4, 0.5) is 0 Å². The minimum absolute atomic E-state index is 0.286. The molecule has 2 saturated heterocycles. The lowest BCUT2D eigenvalue weighted by Gasteiger charge is -2.28. The van der Waals surface area contributed by atoms with E-state index >= 15 is 0 Å². The molecule has 2 bridgehead atoms. The summed E-state index contributed by atoms with van der Waals surface area (Å²) in [5, 5.41) is 9.06. The number of nitrogens with zero attached hydrogens (tertiary/aromatic N) is 2. The highest BCUT2D eigenvalue weighted by Crippen LogP contribution is 2.38. The number of nitriles is 1. The molecule has 3 nitrogen and oxygen atoms in total. The smallest absolute Gasteiger partial charge is 0.0718 e. The molecule has 1 saturated carbocycles. The first kappa shape index (κ1) is 8.70. The van der Waals surface area contributed by atoms with Gasteiger partial charge < -0.3 is 4.74 Å². The Hall–Kier alpha value is -0.590. The van der Waals surface area contributed by atoms with Gasteiger partial charge in [0.25, 0.3) is 0 Å². The van der Waals surface area contributed by atoms with Crippen LogP contribution in [0.2, 0.25) is 0 Å². The Bertz CT molecular complexity index is 269. The zero-order valence-electron chi connectivity index (χ0n) is 8.35. The van der Waals surface area contributed by atoms with Crippen molar-refractivity contribution in [3.63, 3.8) is 0 Å². The first-order chi connectivity index (χ1) is 6.86. The Morgan fingerprint density at radius 3 is 2.86 bits per heavy atom. The Morgan fingerprint density at radius 1 is 1.50 bits per heavy atom. The molecular formula is C11H16N2O. The van der Waals surface area contributed by atoms with Crippen LogP contribution < -0.4 is 0 Å². The molecule has 14 heavy (non-hydrogen) atoms. The van der Waals surface area contributed by atoms with Gasteiger partial charge in [0.1, 0.15) is 0 Å². The van der Waals surface area contributed by atoms with Gasteiger partial charge in [-0.25, -0.2) is 0 Å². The molecule has 0 N–H and O–H groups in total. The summed E-state index contributed by atoms with van der Waals surface area (Å²) in [6.45, 7) is 2.95. The van der Waals surface area contributed by atoms with Crippen LogP contribution in [0.25, 0.3) is 0 Å². The van der Waals surface area contributed by atoms with Gasteiger partial charge in [0, 0.05) is 19.1 Å². The fraction of sp³-hybridized carbons (Fsp3) is 0.909. The van der Waals surface area contributed by atoms with Crippen LogP contribution in [0, 0.1) is 23.2 Å². The molecule has 0 aromatic heterocycles. The molecule has 3 unspecified atom stereocenters. The number of morpholine rings is 1. The van der Waals surface area contributed by atoms with E-state index in [0.29, 0.717) is 18.1 Å². The van der Waals surface area contributed by atoms with Crippen molar-refractivity contribution in [3.8, 4) is 6.07 Å². The van der Waals surface area contributed by atoms with Gasteiger partial charge >= 0.3 is 0 Å². The molecule has 0 radical (unpaired) electrons. The summed E-state index contributed by atoms with van der Waals surface area (Å²) < 4.78 is 5.55. The van der Waals surface area contributed by atoms with Gasteiger partial charge in [-0.2, -0.15) is 5.26 Å². The van der Waals surface area contributed by atoms with Gasteiger partial charge in [0.2, 0.25) is 0 Å². The van der Waals surface area contributed by atoms with Crippen LogP contribution in [-0.2, 0) is 4.74 Å². The number of hydrogen-bond donors (Lipinski definition) is 0. The lowest BCUT2D eigenvalue weighted by Crippen LogP contribution is -2.40. The van der Waals surface area contributed by atoms with E-state index in [4.69, 9.17) is 10.00 Å². The van der Waals surface area contributed by atoms with Crippen molar-refractivity contribution in [1.29, 1.82) is 5.26 Å². The number of ether oxygens (including phenoxy) is 1. The SMILES string of the molecule is N#CC(CN1CC2CC1CO2)C1CC1. The normalized spacial score (nSPS) is 38.5. The zero-order chi connectivity index (χ0) is 9.54. The van der Waals surface area contributed by atoms with E-state index in [9.17, 15) is 0 Å². The first-order valence-corrected chi connectivity index (χ1v) is 5.62. The standard InChI is InChI=1S/C11H16N2O/c12-4-9(8-1-2-8)5-13-6-11-3-10(13)7-14-11/h8-11H,1-3,5-7H2. The molecule has 3 heteroatoms.